The standard InChI is InChI=1S/C17H18ClN7O4/c18-9-4-10-15(23-14(9)20-5-8-2-1-3-21-25-8)24-16(22-10)29-11-6-28-17(19)12(26)7-27-13(11)17/h1-4,11-13,26H,5-7,19H2,(H2,20,22,23,24)/t11-,12-,13-,17-/m1/s1. The van der Waals surface area contributed by atoms with E-state index in [9.17, 15) is 5.11 Å². The topological polar surface area (TPSA) is 153 Å². The molecule has 0 aliphatic carbocycles. The van der Waals surface area contributed by atoms with Gasteiger partial charge in [0.05, 0.1) is 36.0 Å². The fourth-order valence-electron chi connectivity index (χ4n) is 3.45. The Hall–Kier alpha value is -2.57. The van der Waals surface area contributed by atoms with E-state index in [0.29, 0.717) is 28.5 Å². The number of imidazole rings is 1. The fraction of sp³-hybridized carbons (Fsp3) is 0.412. The first kappa shape index (κ1) is 18.5. The largest absolute Gasteiger partial charge is 0.456 e. The molecule has 2 aliphatic rings. The third-order valence-electron chi connectivity index (χ3n) is 4.97. The second-order valence-corrected chi connectivity index (χ2v) is 7.30. The number of hydrogen-bond donors (Lipinski definition) is 4. The van der Waals surface area contributed by atoms with Crippen molar-refractivity contribution in [3.63, 3.8) is 0 Å². The molecule has 0 amide bonds. The van der Waals surface area contributed by atoms with Gasteiger partial charge in [-0.25, -0.2) is 4.98 Å². The van der Waals surface area contributed by atoms with Gasteiger partial charge in [0.2, 0.25) is 0 Å². The van der Waals surface area contributed by atoms with Gasteiger partial charge in [0.15, 0.2) is 17.5 Å². The van der Waals surface area contributed by atoms with Crippen molar-refractivity contribution in [3.8, 4) is 6.01 Å². The number of H-pyrrole nitrogens is 1. The van der Waals surface area contributed by atoms with Crippen LogP contribution in [0.5, 0.6) is 6.01 Å². The zero-order valence-electron chi connectivity index (χ0n) is 15.1. The Morgan fingerprint density at radius 1 is 1.41 bits per heavy atom. The zero-order valence-corrected chi connectivity index (χ0v) is 15.8. The molecule has 5 heterocycles. The first-order valence-corrected chi connectivity index (χ1v) is 9.36. The minimum Gasteiger partial charge on any atom is -0.456 e. The predicted molar refractivity (Wildman–Crippen MR) is 101 cm³/mol. The SMILES string of the molecule is N[C@]12OC[C@@H](Oc3nc4nc(NCc5cccnn5)c(Cl)cc4[nH]3)[C@H]1OC[C@H]2O. The second-order valence-electron chi connectivity index (χ2n) is 6.89. The molecule has 2 saturated heterocycles. The number of hydrogen-bond acceptors (Lipinski definition) is 10. The highest BCUT2D eigenvalue weighted by atomic mass is 35.5. The monoisotopic (exact) mass is 419 g/mol. The summed E-state index contributed by atoms with van der Waals surface area (Å²) in [4.78, 5) is 11.8. The second kappa shape index (κ2) is 7.04. The summed E-state index contributed by atoms with van der Waals surface area (Å²) in [5.74, 6) is 0.468. The van der Waals surface area contributed by atoms with Crippen molar-refractivity contribution in [2.24, 2.45) is 5.73 Å². The molecule has 0 bridgehead atoms. The Morgan fingerprint density at radius 3 is 3.14 bits per heavy atom. The molecule has 5 rings (SSSR count). The normalized spacial score (nSPS) is 28.6. The number of nitrogens with zero attached hydrogens (tertiary/aromatic N) is 4. The number of nitrogens with one attached hydrogen (secondary N) is 2. The Morgan fingerprint density at radius 2 is 2.31 bits per heavy atom. The molecule has 5 N–H and O–H groups in total. The molecular weight excluding hydrogens is 402 g/mol. The van der Waals surface area contributed by atoms with E-state index in [1.165, 1.54) is 0 Å². The number of pyridine rings is 1. The van der Waals surface area contributed by atoms with E-state index >= 15 is 0 Å². The number of aromatic amines is 1. The van der Waals surface area contributed by atoms with E-state index < -0.39 is 24.0 Å². The van der Waals surface area contributed by atoms with Crippen LogP contribution in [0.15, 0.2) is 24.4 Å². The van der Waals surface area contributed by atoms with Gasteiger partial charge in [0, 0.05) is 6.20 Å². The highest BCUT2D eigenvalue weighted by Crippen LogP contribution is 2.35. The lowest BCUT2D eigenvalue weighted by atomic mass is 10.0. The first-order chi connectivity index (χ1) is 14.0. The first-order valence-electron chi connectivity index (χ1n) is 8.99. The smallest absolute Gasteiger partial charge is 0.296 e. The van der Waals surface area contributed by atoms with Crippen LogP contribution in [0.4, 0.5) is 5.82 Å². The molecule has 2 aliphatic heterocycles. The summed E-state index contributed by atoms with van der Waals surface area (Å²) >= 11 is 6.32. The summed E-state index contributed by atoms with van der Waals surface area (Å²) < 4.78 is 16.9. The molecule has 3 aromatic rings. The number of aromatic nitrogens is 5. The van der Waals surface area contributed by atoms with E-state index in [4.69, 9.17) is 31.5 Å². The lowest BCUT2D eigenvalue weighted by Crippen LogP contribution is -2.55. The zero-order chi connectivity index (χ0) is 20.0. The maximum absolute atomic E-state index is 9.96. The summed E-state index contributed by atoms with van der Waals surface area (Å²) in [5, 5.41) is 21.3. The summed E-state index contributed by atoms with van der Waals surface area (Å²) in [6.07, 6.45) is -0.401. The Bertz CT molecular complexity index is 1040. The van der Waals surface area contributed by atoms with Crippen molar-refractivity contribution in [2.75, 3.05) is 18.5 Å². The Balaban J connectivity index is 1.33. The molecule has 3 aromatic heterocycles. The van der Waals surface area contributed by atoms with E-state index in [0.717, 1.165) is 5.69 Å². The van der Waals surface area contributed by atoms with Crippen LogP contribution >= 0.6 is 11.6 Å². The van der Waals surface area contributed by atoms with Crippen molar-refractivity contribution >= 4 is 28.6 Å². The van der Waals surface area contributed by atoms with Crippen LogP contribution in [-0.2, 0) is 16.0 Å². The third kappa shape index (κ3) is 3.26. The van der Waals surface area contributed by atoms with E-state index in [1.807, 2.05) is 6.07 Å². The minimum atomic E-state index is -1.27. The molecule has 0 radical (unpaired) electrons. The lowest BCUT2D eigenvalue weighted by molar-refractivity contribution is -0.0715. The highest BCUT2D eigenvalue weighted by Gasteiger charge is 2.58. The van der Waals surface area contributed by atoms with Crippen molar-refractivity contribution in [3.05, 3.63) is 35.1 Å². The van der Waals surface area contributed by atoms with Gasteiger partial charge in [-0.3, -0.25) is 5.73 Å². The number of ether oxygens (including phenoxy) is 3. The number of anilines is 1. The summed E-state index contributed by atoms with van der Waals surface area (Å²) in [7, 11) is 0. The molecule has 152 valence electrons. The molecule has 11 nitrogen and oxygen atoms in total. The third-order valence-corrected chi connectivity index (χ3v) is 5.25. The lowest BCUT2D eigenvalue weighted by Gasteiger charge is -2.24. The number of nitrogens with two attached hydrogens (primary N) is 1. The molecule has 4 atom stereocenters. The van der Waals surface area contributed by atoms with Crippen LogP contribution in [0.2, 0.25) is 5.02 Å². The summed E-state index contributed by atoms with van der Waals surface area (Å²) in [5.41, 5.74) is 6.61. The van der Waals surface area contributed by atoms with Gasteiger partial charge in [-0.1, -0.05) is 11.6 Å². The number of aliphatic hydroxyl groups excluding tert-OH is 1. The van der Waals surface area contributed by atoms with Crippen molar-refractivity contribution in [1.29, 1.82) is 0 Å². The van der Waals surface area contributed by atoms with Crippen molar-refractivity contribution in [1.82, 2.24) is 25.1 Å². The Kier molecular flexibility index (Phi) is 4.48. The molecule has 0 unspecified atom stereocenters. The van der Waals surface area contributed by atoms with E-state index in [2.05, 4.69) is 30.5 Å². The van der Waals surface area contributed by atoms with E-state index in [1.54, 1.807) is 18.3 Å². The van der Waals surface area contributed by atoms with Crippen LogP contribution in [0.1, 0.15) is 5.69 Å². The van der Waals surface area contributed by atoms with Crippen molar-refractivity contribution in [2.45, 2.75) is 30.6 Å². The summed E-state index contributed by atoms with van der Waals surface area (Å²) in [6, 6.07) is 5.58. The van der Waals surface area contributed by atoms with Gasteiger partial charge < -0.3 is 29.6 Å². The molecule has 0 spiro atoms. The maximum atomic E-state index is 9.96. The number of rotatable bonds is 5. The fourth-order valence-corrected chi connectivity index (χ4v) is 3.67. The van der Waals surface area contributed by atoms with Gasteiger partial charge in [-0.05, 0) is 18.2 Å². The molecule has 12 heteroatoms. The van der Waals surface area contributed by atoms with Crippen LogP contribution in [0, 0.1) is 0 Å². The van der Waals surface area contributed by atoms with Crippen molar-refractivity contribution < 1.29 is 19.3 Å². The van der Waals surface area contributed by atoms with Gasteiger partial charge in [-0.15, -0.1) is 0 Å². The van der Waals surface area contributed by atoms with Crippen LogP contribution in [0.3, 0.4) is 0 Å². The maximum Gasteiger partial charge on any atom is 0.296 e. The van der Waals surface area contributed by atoms with Crippen LogP contribution < -0.4 is 15.8 Å². The van der Waals surface area contributed by atoms with Crippen LogP contribution in [0.25, 0.3) is 11.2 Å². The van der Waals surface area contributed by atoms with E-state index in [-0.39, 0.29) is 19.2 Å². The Labute approximate surface area is 169 Å². The molecule has 29 heavy (non-hydrogen) atoms. The van der Waals surface area contributed by atoms with Gasteiger partial charge in [0.25, 0.3) is 6.01 Å². The average molecular weight is 420 g/mol. The van der Waals surface area contributed by atoms with Crippen LogP contribution in [-0.4, -0.2) is 67.5 Å². The minimum absolute atomic E-state index is 0.0964. The van der Waals surface area contributed by atoms with Gasteiger partial charge in [-0.2, -0.15) is 15.2 Å². The summed E-state index contributed by atoms with van der Waals surface area (Å²) in [6.45, 7) is 0.687. The molecule has 0 aromatic carbocycles. The number of fused-ring (bicyclic) bond motifs is 2. The van der Waals surface area contributed by atoms with Gasteiger partial charge in [0.1, 0.15) is 18.0 Å². The quantitative estimate of drug-likeness (QED) is 0.451. The number of halogens is 1. The molecular formula is C17H18ClN7O4. The average Bonchev–Trinajstić information content (AvgIpc) is 3.34. The molecule has 0 saturated carbocycles. The highest BCUT2D eigenvalue weighted by molar-refractivity contribution is 6.33. The van der Waals surface area contributed by atoms with Gasteiger partial charge >= 0.3 is 0 Å². The predicted octanol–water partition coefficient (Wildman–Crippen LogP) is 0.206. The number of aliphatic hydroxyl groups is 1. The molecule has 2 fully saturated rings.